The fourth-order valence-corrected chi connectivity index (χ4v) is 3.20. The molecule has 1 N–H and O–H groups in total. The molecule has 28 heavy (non-hydrogen) atoms. The molecule has 0 saturated carbocycles. The predicted octanol–water partition coefficient (Wildman–Crippen LogP) is 4.35. The lowest BCUT2D eigenvalue weighted by Crippen LogP contribution is -2.08. The van der Waals surface area contributed by atoms with E-state index in [4.69, 9.17) is 16.3 Å². The molecule has 0 aliphatic rings. The maximum atomic E-state index is 13.3. The summed E-state index contributed by atoms with van der Waals surface area (Å²) in [6, 6.07) is 16.3. The Bertz CT molecular complexity index is 1130. The lowest BCUT2D eigenvalue weighted by atomic mass is 10.0. The lowest BCUT2D eigenvalue weighted by Gasteiger charge is -2.15. The summed E-state index contributed by atoms with van der Waals surface area (Å²) in [5.74, 6) is 0.892. The van der Waals surface area contributed by atoms with E-state index in [9.17, 15) is 4.39 Å². The highest BCUT2D eigenvalue weighted by molar-refractivity contribution is 6.31. The average Bonchev–Trinajstić information content (AvgIpc) is 3.10. The number of benzene rings is 3. The summed E-state index contributed by atoms with van der Waals surface area (Å²) < 4.78 is 20.9. The number of aromatic nitrogens is 4. The van der Waals surface area contributed by atoms with Crippen molar-refractivity contribution in [1.29, 1.82) is 0 Å². The first-order valence-corrected chi connectivity index (χ1v) is 9.03. The van der Waals surface area contributed by atoms with Gasteiger partial charge in [-0.3, -0.25) is 0 Å². The van der Waals surface area contributed by atoms with Gasteiger partial charge in [0.25, 0.3) is 0 Å². The van der Waals surface area contributed by atoms with E-state index in [1.807, 2.05) is 36.4 Å². The van der Waals surface area contributed by atoms with Crippen LogP contribution in [0.5, 0.6) is 5.75 Å². The van der Waals surface area contributed by atoms with Crippen molar-refractivity contribution < 1.29 is 9.13 Å². The van der Waals surface area contributed by atoms with Crippen molar-refractivity contribution in [2.24, 2.45) is 7.05 Å². The molecule has 0 atom stereocenters. The van der Waals surface area contributed by atoms with Crippen molar-refractivity contribution in [3.05, 3.63) is 76.6 Å². The number of anilines is 1. The molecule has 1 heterocycles. The van der Waals surface area contributed by atoms with Crippen LogP contribution in [0.15, 0.2) is 54.6 Å². The number of hydrogen-bond acceptors (Lipinski definition) is 5. The van der Waals surface area contributed by atoms with Crippen LogP contribution in [-0.4, -0.2) is 20.2 Å². The summed E-state index contributed by atoms with van der Waals surface area (Å²) in [7, 11) is 1.76. The molecule has 0 spiro atoms. The maximum absolute atomic E-state index is 13.3. The average molecular weight is 398 g/mol. The molecule has 0 amide bonds. The van der Waals surface area contributed by atoms with Crippen LogP contribution in [0.1, 0.15) is 11.1 Å². The van der Waals surface area contributed by atoms with Crippen molar-refractivity contribution in [3.8, 4) is 5.75 Å². The van der Waals surface area contributed by atoms with Gasteiger partial charge < -0.3 is 10.1 Å². The van der Waals surface area contributed by atoms with E-state index in [2.05, 4.69) is 20.8 Å². The van der Waals surface area contributed by atoms with Gasteiger partial charge >= 0.3 is 0 Å². The minimum Gasteiger partial charge on any atom is -0.488 e. The Hall–Kier alpha value is -3.19. The number of hydrogen-bond donors (Lipinski definition) is 1. The van der Waals surface area contributed by atoms with Crippen LogP contribution in [0.4, 0.5) is 10.3 Å². The molecule has 0 radical (unpaired) electrons. The third-order valence-electron chi connectivity index (χ3n) is 4.44. The molecule has 6 nitrogen and oxygen atoms in total. The van der Waals surface area contributed by atoms with E-state index >= 15 is 0 Å². The Balaban J connectivity index is 1.64. The summed E-state index contributed by atoms with van der Waals surface area (Å²) >= 11 is 6.12. The Morgan fingerprint density at radius 2 is 2.00 bits per heavy atom. The SMILES string of the molecule is Cn1nnnc1NCc1c(OCc2ccc(F)cc2Cl)ccc2ccccc12. The number of aryl methyl sites for hydroxylation is 1. The summed E-state index contributed by atoms with van der Waals surface area (Å²) in [5, 5.41) is 17.1. The van der Waals surface area contributed by atoms with Gasteiger partial charge in [-0.2, -0.15) is 0 Å². The second-order valence-electron chi connectivity index (χ2n) is 6.27. The summed E-state index contributed by atoms with van der Waals surface area (Å²) in [6.07, 6.45) is 0. The summed E-state index contributed by atoms with van der Waals surface area (Å²) in [6.45, 7) is 0.706. The monoisotopic (exact) mass is 397 g/mol. The smallest absolute Gasteiger partial charge is 0.242 e. The van der Waals surface area contributed by atoms with Crippen LogP contribution in [0.2, 0.25) is 5.02 Å². The number of halogens is 2. The number of tetrazole rings is 1. The fourth-order valence-electron chi connectivity index (χ4n) is 2.97. The molecule has 0 bridgehead atoms. The zero-order valence-corrected chi connectivity index (χ0v) is 15.8. The number of nitrogens with zero attached hydrogens (tertiary/aromatic N) is 4. The minimum absolute atomic E-state index is 0.232. The van der Waals surface area contributed by atoms with Gasteiger partial charge in [0.05, 0.1) is 5.02 Å². The van der Waals surface area contributed by atoms with Crippen LogP contribution in [-0.2, 0) is 20.2 Å². The Labute approximate surface area is 165 Å². The van der Waals surface area contributed by atoms with Gasteiger partial charge in [0.15, 0.2) is 0 Å². The van der Waals surface area contributed by atoms with Crippen LogP contribution in [0.3, 0.4) is 0 Å². The molecular formula is C20H17ClFN5O. The van der Waals surface area contributed by atoms with Crippen LogP contribution in [0.25, 0.3) is 10.8 Å². The highest BCUT2D eigenvalue weighted by Crippen LogP contribution is 2.30. The molecule has 4 rings (SSSR count). The number of ether oxygens (including phenoxy) is 1. The van der Waals surface area contributed by atoms with E-state index in [1.54, 1.807) is 17.8 Å². The molecule has 0 fully saturated rings. The van der Waals surface area contributed by atoms with Crippen molar-refractivity contribution in [2.75, 3.05) is 5.32 Å². The van der Waals surface area contributed by atoms with Crippen molar-refractivity contribution in [2.45, 2.75) is 13.2 Å². The molecule has 0 saturated heterocycles. The highest BCUT2D eigenvalue weighted by Gasteiger charge is 2.12. The molecule has 142 valence electrons. The first kappa shape index (κ1) is 18.2. The van der Waals surface area contributed by atoms with Crippen LogP contribution in [0, 0.1) is 5.82 Å². The second kappa shape index (κ2) is 7.82. The van der Waals surface area contributed by atoms with Crippen molar-refractivity contribution >= 4 is 28.3 Å². The standard InChI is InChI=1S/C20H17ClFN5O/c1-27-20(24-25-26-27)23-11-17-16-5-3-2-4-13(16)7-9-19(17)28-12-14-6-8-15(22)10-18(14)21/h2-10H,11-12H2,1H3,(H,23,24,26). The minimum atomic E-state index is -0.373. The topological polar surface area (TPSA) is 64.9 Å². The molecule has 4 aromatic rings. The van der Waals surface area contributed by atoms with Gasteiger partial charge in [-0.1, -0.05) is 53.1 Å². The molecule has 0 aliphatic heterocycles. The van der Waals surface area contributed by atoms with E-state index in [1.165, 1.54) is 12.1 Å². The Morgan fingerprint density at radius 3 is 2.79 bits per heavy atom. The number of fused-ring (bicyclic) bond motifs is 1. The van der Waals surface area contributed by atoms with Gasteiger partial charge in [0.1, 0.15) is 18.2 Å². The van der Waals surface area contributed by atoms with E-state index in [0.717, 1.165) is 16.3 Å². The van der Waals surface area contributed by atoms with Gasteiger partial charge in [-0.05, 0) is 39.4 Å². The first-order chi connectivity index (χ1) is 13.6. The third kappa shape index (κ3) is 3.75. The molecule has 8 heteroatoms. The predicted molar refractivity (Wildman–Crippen MR) is 106 cm³/mol. The van der Waals surface area contributed by atoms with Gasteiger partial charge in [0.2, 0.25) is 5.95 Å². The van der Waals surface area contributed by atoms with E-state index < -0.39 is 0 Å². The Morgan fingerprint density at radius 1 is 1.14 bits per heavy atom. The molecule has 0 unspecified atom stereocenters. The van der Waals surface area contributed by atoms with Gasteiger partial charge in [-0.25, -0.2) is 9.07 Å². The molecule has 0 aliphatic carbocycles. The van der Waals surface area contributed by atoms with Gasteiger partial charge in [-0.15, -0.1) is 0 Å². The first-order valence-electron chi connectivity index (χ1n) is 8.65. The third-order valence-corrected chi connectivity index (χ3v) is 4.79. The Kier molecular flexibility index (Phi) is 5.08. The largest absolute Gasteiger partial charge is 0.488 e. The molecule has 1 aromatic heterocycles. The van der Waals surface area contributed by atoms with Gasteiger partial charge in [0, 0.05) is 24.7 Å². The number of rotatable bonds is 6. The quantitative estimate of drug-likeness (QED) is 0.524. The van der Waals surface area contributed by atoms with E-state index in [0.29, 0.717) is 28.8 Å². The lowest BCUT2D eigenvalue weighted by molar-refractivity contribution is 0.304. The normalized spacial score (nSPS) is 11.0. The summed E-state index contributed by atoms with van der Waals surface area (Å²) in [5.41, 5.74) is 1.69. The molecule has 3 aromatic carbocycles. The second-order valence-corrected chi connectivity index (χ2v) is 6.67. The molecular weight excluding hydrogens is 381 g/mol. The maximum Gasteiger partial charge on any atom is 0.242 e. The van der Waals surface area contributed by atoms with Crippen molar-refractivity contribution in [3.63, 3.8) is 0 Å². The summed E-state index contributed by atoms with van der Waals surface area (Å²) in [4.78, 5) is 0. The van der Waals surface area contributed by atoms with Crippen molar-refractivity contribution in [1.82, 2.24) is 20.2 Å². The zero-order valence-electron chi connectivity index (χ0n) is 15.1. The van der Waals surface area contributed by atoms with E-state index in [-0.39, 0.29) is 12.4 Å². The van der Waals surface area contributed by atoms with Crippen LogP contribution < -0.4 is 10.1 Å². The zero-order chi connectivity index (χ0) is 19.5. The number of nitrogens with one attached hydrogen (secondary N) is 1. The highest BCUT2D eigenvalue weighted by atomic mass is 35.5. The fraction of sp³-hybridized carbons (Fsp3) is 0.150. The van der Waals surface area contributed by atoms with Crippen LogP contribution >= 0.6 is 11.6 Å².